The van der Waals surface area contributed by atoms with Gasteiger partial charge in [0.15, 0.2) is 5.13 Å². The van der Waals surface area contributed by atoms with Gasteiger partial charge in [-0.2, -0.15) is 13.2 Å². The van der Waals surface area contributed by atoms with E-state index in [2.05, 4.69) is 27.5 Å². The topological polar surface area (TPSA) is 76.1 Å². The molecule has 1 unspecified atom stereocenters. The molecule has 10 heteroatoms. The zero-order valence-electron chi connectivity index (χ0n) is 19.9. The van der Waals surface area contributed by atoms with Crippen molar-refractivity contribution in [3.8, 4) is 17.0 Å². The molecule has 2 N–H and O–H groups in total. The fraction of sp³-hybridized carbons (Fsp3) is 0.400. The van der Waals surface area contributed by atoms with Gasteiger partial charge >= 0.3 is 6.18 Å². The molecule has 0 aliphatic rings. The van der Waals surface area contributed by atoms with Crippen LogP contribution in [0.25, 0.3) is 11.3 Å². The Hall–Kier alpha value is -3.14. The lowest BCUT2D eigenvalue weighted by Gasteiger charge is -2.19. The molecule has 0 aliphatic heterocycles. The number of thiazole rings is 1. The van der Waals surface area contributed by atoms with Crippen molar-refractivity contribution >= 4 is 33.9 Å². The number of unbranched alkanes of at least 4 members (excludes halogenated alkanes) is 3. The van der Waals surface area contributed by atoms with Crippen LogP contribution in [-0.4, -0.2) is 22.0 Å². The number of hydrogen-bond acceptors (Lipinski definition) is 6. The van der Waals surface area contributed by atoms with E-state index in [1.54, 1.807) is 36.7 Å². The number of nitrogens with one attached hydrogen (secondary N) is 2. The Labute approximate surface area is 207 Å². The minimum absolute atomic E-state index is 0.170. The van der Waals surface area contributed by atoms with E-state index in [4.69, 9.17) is 4.74 Å². The lowest BCUT2D eigenvalue weighted by molar-refractivity contribution is -0.139. The van der Waals surface area contributed by atoms with E-state index in [1.165, 1.54) is 24.3 Å². The van der Waals surface area contributed by atoms with Gasteiger partial charge in [-0.25, -0.2) is 9.97 Å². The summed E-state index contributed by atoms with van der Waals surface area (Å²) >= 11 is 1.26. The maximum Gasteiger partial charge on any atom is 0.420 e. The predicted octanol–water partition coefficient (Wildman–Crippen LogP) is 7.66. The van der Waals surface area contributed by atoms with Crippen LogP contribution in [0.1, 0.15) is 58.4 Å². The second-order valence-electron chi connectivity index (χ2n) is 8.26. The lowest BCUT2D eigenvalue weighted by Crippen LogP contribution is -2.16. The molecular weight excluding hydrogens is 477 g/mol. The number of halogens is 3. The van der Waals surface area contributed by atoms with Crippen molar-refractivity contribution in [1.82, 2.24) is 9.97 Å². The predicted molar refractivity (Wildman–Crippen MR) is 133 cm³/mol. The number of benzene rings is 1. The average molecular weight is 507 g/mol. The molecular formula is C25H29F3N4O2S. The Balaban J connectivity index is 1.70. The van der Waals surface area contributed by atoms with E-state index >= 15 is 0 Å². The molecule has 3 aromatic rings. The molecule has 1 atom stereocenters. The number of amides is 1. The normalized spacial score (nSPS) is 12.3. The van der Waals surface area contributed by atoms with Crippen LogP contribution >= 0.6 is 11.3 Å². The van der Waals surface area contributed by atoms with Crippen LogP contribution in [0.5, 0.6) is 5.75 Å². The van der Waals surface area contributed by atoms with E-state index in [9.17, 15) is 18.0 Å². The van der Waals surface area contributed by atoms with Crippen LogP contribution in [-0.2, 0) is 11.0 Å². The van der Waals surface area contributed by atoms with Crippen molar-refractivity contribution in [3.63, 3.8) is 0 Å². The first-order valence-electron chi connectivity index (χ1n) is 11.5. The Morgan fingerprint density at radius 3 is 2.63 bits per heavy atom. The summed E-state index contributed by atoms with van der Waals surface area (Å²) in [5.41, 5.74) is 0.779. The van der Waals surface area contributed by atoms with Crippen molar-refractivity contribution in [3.05, 3.63) is 47.5 Å². The summed E-state index contributed by atoms with van der Waals surface area (Å²) in [6, 6.07) is 7.37. The lowest BCUT2D eigenvalue weighted by atomic mass is 10.1. The van der Waals surface area contributed by atoms with Gasteiger partial charge in [-0.15, -0.1) is 11.3 Å². The van der Waals surface area contributed by atoms with Crippen LogP contribution in [0, 0.1) is 0 Å². The van der Waals surface area contributed by atoms with Crippen molar-refractivity contribution in [2.45, 2.75) is 65.2 Å². The van der Waals surface area contributed by atoms with Gasteiger partial charge in [0, 0.05) is 29.8 Å². The van der Waals surface area contributed by atoms with E-state index in [-0.39, 0.29) is 23.4 Å². The Morgan fingerprint density at radius 2 is 1.97 bits per heavy atom. The molecule has 6 nitrogen and oxygen atoms in total. The third-order valence-corrected chi connectivity index (χ3v) is 5.95. The molecule has 1 aromatic carbocycles. The van der Waals surface area contributed by atoms with Gasteiger partial charge in [-0.3, -0.25) is 4.79 Å². The highest BCUT2D eigenvalue weighted by molar-refractivity contribution is 7.14. The Morgan fingerprint density at radius 1 is 1.17 bits per heavy atom. The summed E-state index contributed by atoms with van der Waals surface area (Å²) < 4.78 is 46.9. The highest BCUT2D eigenvalue weighted by Crippen LogP contribution is 2.39. The van der Waals surface area contributed by atoms with Crippen LogP contribution in [0.2, 0.25) is 0 Å². The highest BCUT2D eigenvalue weighted by Gasteiger charge is 2.35. The van der Waals surface area contributed by atoms with Crippen molar-refractivity contribution in [2.75, 3.05) is 10.6 Å². The quantitative estimate of drug-likeness (QED) is 0.261. The van der Waals surface area contributed by atoms with Gasteiger partial charge < -0.3 is 15.4 Å². The van der Waals surface area contributed by atoms with E-state index < -0.39 is 11.7 Å². The minimum atomic E-state index is -4.55. The SMILES string of the molecule is CCCCCCC(C)Oc1ccc(Nc2nc(-c3ccc(NC(C)=O)nc3)cs2)cc1C(F)(F)F. The van der Waals surface area contributed by atoms with E-state index in [0.29, 0.717) is 23.1 Å². The number of ether oxygens (including phenoxy) is 1. The molecule has 2 aromatic heterocycles. The zero-order valence-corrected chi connectivity index (χ0v) is 20.7. The number of anilines is 3. The fourth-order valence-electron chi connectivity index (χ4n) is 3.45. The largest absolute Gasteiger partial charge is 0.490 e. The zero-order chi connectivity index (χ0) is 25.4. The maximum atomic E-state index is 13.8. The number of nitrogens with zero attached hydrogens (tertiary/aromatic N) is 2. The Kier molecular flexibility index (Phi) is 9.08. The fourth-order valence-corrected chi connectivity index (χ4v) is 4.19. The maximum absolute atomic E-state index is 13.8. The molecule has 2 heterocycles. The standard InChI is InChI=1S/C25H29F3N4O2S/c1-4-5-6-7-8-16(2)34-22-11-10-19(13-20(22)25(26,27)28)31-24-32-21(15-35-24)18-9-12-23(29-14-18)30-17(3)33/h9-16H,4-8H2,1-3H3,(H,31,32)(H,29,30,33). The molecule has 0 fully saturated rings. The third-order valence-electron chi connectivity index (χ3n) is 5.20. The van der Waals surface area contributed by atoms with Crippen LogP contribution in [0.4, 0.5) is 29.8 Å². The summed E-state index contributed by atoms with van der Waals surface area (Å²) in [4.78, 5) is 19.7. The number of pyridine rings is 1. The summed E-state index contributed by atoms with van der Waals surface area (Å²) in [6.45, 7) is 5.31. The summed E-state index contributed by atoms with van der Waals surface area (Å²) in [6.07, 6.45) is 1.60. The van der Waals surface area contributed by atoms with Crippen LogP contribution < -0.4 is 15.4 Å². The number of carbonyl (C=O) groups is 1. The first kappa shape index (κ1) is 26.5. The molecule has 35 heavy (non-hydrogen) atoms. The van der Waals surface area contributed by atoms with Crippen LogP contribution in [0.15, 0.2) is 41.9 Å². The van der Waals surface area contributed by atoms with E-state index in [0.717, 1.165) is 37.3 Å². The molecule has 0 radical (unpaired) electrons. The van der Waals surface area contributed by atoms with Gasteiger partial charge in [0.05, 0.1) is 17.4 Å². The van der Waals surface area contributed by atoms with Gasteiger partial charge in [0.2, 0.25) is 5.91 Å². The monoisotopic (exact) mass is 506 g/mol. The molecule has 0 saturated carbocycles. The van der Waals surface area contributed by atoms with Gasteiger partial charge in [0.25, 0.3) is 0 Å². The highest BCUT2D eigenvalue weighted by atomic mass is 32.1. The molecule has 1 amide bonds. The average Bonchev–Trinajstić information content (AvgIpc) is 3.25. The second kappa shape index (κ2) is 12.0. The third kappa shape index (κ3) is 7.95. The van der Waals surface area contributed by atoms with Crippen molar-refractivity contribution in [1.29, 1.82) is 0 Å². The summed E-state index contributed by atoms with van der Waals surface area (Å²) in [5, 5.41) is 7.75. The first-order valence-corrected chi connectivity index (χ1v) is 12.4. The summed E-state index contributed by atoms with van der Waals surface area (Å²) in [7, 11) is 0. The minimum Gasteiger partial charge on any atom is -0.490 e. The number of hydrogen-bond donors (Lipinski definition) is 2. The van der Waals surface area contributed by atoms with Crippen molar-refractivity contribution < 1.29 is 22.7 Å². The van der Waals surface area contributed by atoms with E-state index in [1.807, 2.05) is 0 Å². The Bertz CT molecular complexity index is 1120. The molecule has 0 spiro atoms. The van der Waals surface area contributed by atoms with Crippen molar-refractivity contribution in [2.24, 2.45) is 0 Å². The van der Waals surface area contributed by atoms with Crippen LogP contribution in [0.3, 0.4) is 0 Å². The molecule has 0 aliphatic carbocycles. The number of alkyl halides is 3. The number of carbonyl (C=O) groups excluding carboxylic acids is 1. The summed E-state index contributed by atoms with van der Waals surface area (Å²) in [5.74, 6) is 0.0322. The van der Waals surface area contributed by atoms with Gasteiger partial charge in [-0.1, -0.05) is 26.2 Å². The number of aromatic nitrogens is 2. The van der Waals surface area contributed by atoms with Gasteiger partial charge in [0.1, 0.15) is 11.6 Å². The first-order chi connectivity index (χ1) is 16.7. The number of rotatable bonds is 11. The molecule has 0 bridgehead atoms. The smallest absolute Gasteiger partial charge is 0.420 e. The van der Waals surface area contributed by atoms with Gasteiger partial charge in [-0.05, 0) is 50.1 Å². The molecule has 0 saturated heterocycles. The second-order valence-corrected chi connectivity index (χ2v) is 9.12. The molecule has 188 valence electrons. The molecule has 3 rings (SSSR count).